The van der Waals surface area contributed by atoms with Crippen LogP contribution in [0.15, 0.2) is 42.6 Å². The number of hydrogen-bond acceptors (Lipinski definition) is 4. The molecular formula is C17H19N3O2S. The molecule has 1 N–H and O–H groups in total. The summed E-state index contributed by atoms with van der Waals surface area (Å²) in [6, 6.07) is 11.6. The summed E-state index contributed by atoms with van der Waals surface area (Å²) in [6.07, 6.45) is 1.74. The third-order valence-corrected chi connectivity index (χ3v) is 4.39. The molecule has 1 fully saturated rings. The van der Waals surface area contributed by atoms with E-state index in [2.05, 4.69) is 9.88 Å². The largest absolute Gasteiger partial charge is 0.497 e. The Morgan fingerprint density at radius 1 is 1.13 bits per heavy atom. The molecule has 0 bridgehead atoms. The van der Waals surface area contributed by atoms with Gasteiger partial charge in [0.1, 0.15) is 10.4 Å². The standard InChI is InChI=1S/C17H19N3O2S/c1-22-14-6-4-13(5-7-14)19-9-11-20(12-10-19)17(21)15-3-2-8-18-16(15)23/h2-8H,9-12H2,1H3,(H,18,23). The van der Waals surface area contributed by atoms with Crippen molar-refractivity contribution in [1.29, 1.82) is 0 Å². The van der Waals surface area contributed by atoms with Crippen molar-refractivity contribution in [3.8, 4) is 5.75 Å². The lowest BCUT2D eigenvalue weighted by atomic mass is 10.2. The fourth-order valence-corrected chi connectivity index (χ4v) is 2.94. The molecule has 5 nitrogen and oxygen atoms in total. The first-order chi connectivity index (χ1) is 11.2. The van der Waals surface area contributed by atoms with Crippen LogP contribution >= 0.6 is 12.2 Å². The zero-order valence-electron chi connectivity index (χ0n) is 13.0. The van der Waals surface area contributed by atoms with E-state index >= 15 is 0 Å². The van der Waals surface area contributed by atoms with E-state index in [9.17, 15) is 4.79 Å². The fourth-order valence-electron chi connectivity index (χ4n) is 2.72. The van der Waals surface area contributed by atoms with Gasteiger partial charge < -0.3 is 19.5 Å². The smallest absolute Gasteiger partial charge is 0.256 e. The van der Waals surface area contributed by atoms with Gasteiger partial charge in [-0.15, -0.1) is 0 Å². The van der Waals surface area contributed by atoms with Gasteiger partial charge in [0.15, 0.2) is 0 Å². The number of piperazine rings is 1. The number of hydrogen-bond donors (Lipinski definition) is 1. The Balaban J connectivity index is 1.65. The summed E-state index contributed by atoms with van der Waals surface area (Å²) in [5, 5.41) is 0. The van der Waals surface area contributed by atoms with Crippen LogP contribution in [0.5, 0.6) is 5.75 Å². The van der Waals surface area contributed by atoms with Crippen molar-refractivity contribution >= 4 is 23.8 Å². The van der Waals surface area contributed by atoms with Gasteiger partial charge in [-0.2, -0.15) is 0 Å². The van der Waals surface area contributed by atoms with Crippen molar-refractivity contribution in [1.82, 2.24) is 9.88 Å². The van der Waals surface area contributed by atoms with Crippen LogP contribution in [-0.4, -0.2) is 49.1 Å². The molecule has 1 amide bonds. The van der Waals surface area contributed by atoms with E-state index in [-0.39, 0.29) is 5.91 Å². The quantitative estimate of drug-likeness (QED) is 0.880. The molecule has 0 radical (unpaired) electrons. The number of carbonyl (C=O) groups is 1. The third kappa shape index (κ3) is 3.37. The highest BCUT2D eigenvalue weighted by Crippen LogP contribution is 2.21. The molecular weight excluding hydrogens is 310 g/mol. The second-order valence-electron chi connectivity index (χ2n) is 5.39. The van der Waals surface area contributed by atoms with Crippen molar-refractivity contribution in [2.75, 3.05) is 38.2 Å². The highest BCUT2D eigenvalue weighted by molar-refractivity contribution is 7.71. The lowest BCUT2D eigenvalue weighted by molar-refractivity contribution is 0.0746. The zero-order chi connectivity index (χ0) is 16.2. The maximum Gasteiger partial charge on any atom is 0.256 e. The lowest BCUT2D eigenvalue weighted by Gasteiger charge is -2.36. The number of pyridine rings is 1. The van der Waals surface area contributed by atoms with Gasteiger partial charge in [-0.1, -0.05) is 12.2 Å². The Hall–Kier alpha value is -2.34. The highest BCUT2D eigenvalue weighted by Gasteiger charge is 2.23. The fraction of sp³-hybridized carbons (Fsp3) is 0.294. The van der Waals surface area contributed by atoms with Crippen molar-refractivity contribution in [2.24, 2.45) is 0 Å². The molecule has 1 aromatic heterocycles. The molecule has 2 aromatic rings. The van der Waals surface area contributed by atoms with Crippen LogP contribution < -0.4 is 9.64 Å². The van der Waals surface area contributed by atoms with Crippen molar-refractivity contribution < 1.29 is 9.53 Å². The number of carbonyl (C=O) groups excluding carboxylic acids is 1. The molecule has 2 heterocycles. The number of benzene rings is 1. The normalized spacial score (nSPS) is 14.7. The van der Waals surface area contributed by atoms with Crippen LogP contribution in [0.2, 0.25) is 0 Å². The van der Waals surface area contributed by atoms with Gasteiger partial charge in [0.25, 0.3) is 5.91 Å². The van der Waals surface area contributed by atoms with Crippen LogP contribution in [0.25, 0.3) is 0 Å². The Kier molecular flexibility index (Phi) is 4.62. The maximum absolute atomic E-state index is 12.6. The van der Waals surface area contributed by atoms with Crippen LogP contribution in [0.4, 0.5) is 5.69 Å². The summed E-state index contributed by atoms with van der Waals surface area (Å²) in [5.41, 5.74) is 1.72. The predicted molar refractivity (Wildman–Crippen MR) is 92.7 cm³/mol. The van der Waals surface area contributed by atoms with Gasteiger partial charge in [-0.3, -0.25) is 4.79 Å². The summed E-state index contributed by atoms with van der Waals surface area (Å²) < 4.78 is 5.68. The van der Waals surface area contributed by atoms with Crippen LogP contribution in [0.3, 0.4) is 0 Å². The molecule has 23 heavy (non-hydrogen) atoms. The number of amides is 1. The number of aromatic amines is 1. The first-order valence-electron chi connectivity index (χ1n) is 7.55. The topological polar surface area (TPSA) is 48.6 Å². The number of aromatic nitrogens is 1. The van der Waals surface area contributed by atoms with Crippen LogP contribution in [-0.2, 0) is 0 Å². The van der Waals surface area contributed by atoms with Crippen LogP contribution in [0.1, 0.15) is 10.4 Å². The summed E-state index contributed by atoms with van der Waals surface area (Å²) in [7, 11) is 1.66. The molecule has 120 valence electrons. The first kappa shape index (κ1) is 15.6. The summed E-state index contributed by atoms with van der Waals surface area (Å²) >= 11 is 5.20. The molecule has 1 aromatic carbocycles. The molecule has 1 saturated heterocycles. The summed E-state index contributed by atoms with van der Waals surface area (Å²) in [6.45, 7) is 2.99. The van der Waals surface area contributed by atoms with E-state index in [1.807, 2.05) is 29.2 Å². The monoisotopic (exact) mass is 329 g/mol. The molecule has 6 heteroatoms. The molecule has 0 aliphatic carbocycles. The third-order valence-electron chi connectivity index (χ3n) is 4.05. The van der Waals surface area contributed by atoms with Crippen molar-refractivity contribution in [2.45, 2.75) is 0 Å². The Bertz CT molecular complexity index is 734. The Morgan fingerprint density at radius 2 is 1.83 bits per heavy atom. The minimum Gasteiger partial charge on any atom is -0.497 e. The average Bonchev–Trinajstić information content (AvgIpc) is 2.62. The molecule has 1 aliphatic heterocycles. The number of H-pyrrole nitrogens is 1. The second-order valence-corrected chi connectivity index (χ2v) is 5.80. The van der Waals surface area contributed by atoms with Gasteiger partial charge in [0, 0.05) is 38.1 Å². The summed E-state index contributed by atoms with van der Waals surface area (Å²) in [5.74, 6) is 0.849. The Morgan fingerprint density at radius 3 is 2.43 bits per heavy atom. The van der Waals surface area contributed by atoms with E-state index in [1.54, 1.807) is 25.4 Å². The SMILES string of the molecule is COc1ccc(N2CCN(C(=O)c3ccc[nH]c3=S)CC2)cc1. The second kappa shape index (κ2) is 6.83. The minimum absolute atomic E-state index is 0.00114. The summed E-state index contributed by atoms with van der Waals surface area (Å²) in [4.78, 5) is 19.6. The number of anilines is 1. The van der Waals surface area contributed by atoms with Gasteiger partial charge in [0.05, 0.1) is 12.7 Å². The zero-order valence-corrected chi connectivity index (χ0v) is 13.8. The number of methoxy groups -OCH3 is 1. The van der Waals surface area contributed by atoms with Gasteiger partial charge in [-0.05, 0) is 36.4 Å². The van der Waals surface area contributed by atoms with E-state index in [0.29, 0.717) is 23.3 Å². The lowest BCUT2D eigenvalue weighted by Crippen LogP contribution is -2.48. The predicted octanol–water partition coefficient (Wildman–Crippen LogP) is 2.72. The molecule has 0 atom stereocenters. The first-order valence-corrected chi connectivity index (χ1v) is 7.96. The highest BCUT2D eigenvalue weighted by atomic mass is 32.1. The van der Waals surface area contributed by atoms with E-state index in [1.165, 1.54) is 0 Å². The number of nitrogens with one attached hydrogen (secondary N) is 1. The number of rotatable bonds is 3. The van der Waals surface area contributed by atoms with Crippen molar-refractivity contribution in [3.63, 3.8) is 0 Å². The molecule has 3 rings (SSSR count). The molecule has 0 spiro atoms. The number of nitrogens with zero attached hydrogens (tertiary/aromatic N) is 2. The maximum atomic E-state index is 12.6. The van der Waals surface area contributed by atoms with Crippen molar-refractivity contribution in [3.05, 3.63) is 52.8 Å². The van der Waals surface area contributed by atoms with Gasteiger partial charge in [-0.25, -0.2) is 0 Å². The Labute approximate surface area is 140 Å². The van der Waals surface area contributed by atoms with E-state index < -0.39 is 0 Å². The molecule has 0 saturated carbocycles. The average molecular weight is 329 g/mol. The minimum atomic E-state index is 0.00114. The van der Waals surface area contributed by atoms with Gasteiger partial charge >= 0.3 is 0 Å². The number of ether oxygens (including phenoxy) is 1. The van der Waals surface area contributed by atoms with E-state index in [4.69, 9.17) is 17.0 Å². The van der Waals surface area contributed by atoms with Crippen LogP contribution in [0, 0.1) is 4.64 Å². The molecule has 1 aliphatic rings. The molecule has 0 unspecified atom stereocenters. The van der Waals surface area contributed by atoms with Gasteiger partial charge in [0.2, 0.25) is 0 Å². The van der Waals surface area contributed by atoms with E-state index in [0.717, 1.165) is 24.5 Å².